The Morgan fingerprint density at radius 3 is 2.74 bits per heavy atom. The van der Waals surface area contributed by atoms with Crippen molar-refractivity contribution in [2.45, 2.75) is 45.6 Å². The maximum Gasteiger partial charge on any atom is 0.276 e. The fourth-order valence-electron chi connectivity index (χ4n) is 4.28. The summed E-state index contributed by atoms with van der Waals surface area (Å²) in [6, 6.07) is 14.7. The maximum atomic E-state index is 13.5. The zero-order chi connectivity index (χ0) is 22.0. The summed E-state index contributed by atoms with van der Waals surface area (Å²) in [5.74, 6) is -0.139. The van der Waals surface area contributed by atoms with Gasteiger partial charge >= 0.3 is 0 Å². The van der Waals surface area contributed by atoms with Crippen LogP contribution in [0.1, 0.15) is 47.1 Å². The molecule has 160 valence electrons. The number of rotatable bonds is 6. The highest BCUT2D eigenvalue weighted by Gasteiger charge is 2.30. The summed E-state index contributed by atoms with van der Waals surface area (Å²) in [4.78, 5) is 26.1. The van der Waals surface area contributed by atoms with Crippen LogP contribution in [0.25, 0.3) is 5.69 Å². The number of hydrogen-bond acceptors (Lipinski definition) is 5. The Labute approximate surface area is 180 Å². The number of benzene rings is 2. The molecule has 0 bridgehead atoms. The third-order valence-corrected chi connectivity index (χ3v) is 5.87. The second-order valence-electron chi connectivity index (χ2n) is 7.88. The fourth-order valence-corrected chi connectivity index (χ4v) is 4.28. The Morgan fingerprint density at radius 2 is 2.00 bits per heavy atom. The highest BCUT2D eigenvalue weighted by Crippen LogP contribution is 2.26. The van der Waals surface area contributed by atoms with Gasteiger partial charge < -0.3 is 4.90 Å². The summed E-state index contributed by atoms with van der Waals surface area (Å²) in [5.41, 5.74) is 3.99. The molecule has 2 aromatic carbocycles. The molecular formula is C23H25N5O3. The van der Waals surface area contributed by atoms with Crippen LogP contribution in [-0.4, -0.2) is 43.3 Å². The van der Waals surface area contributed by atoms with Crippen LogP contribution in [0.4, 0.5) is 5.69 Å². The lowest BCUT2D eigenvalue weighted by Gasteiger charge is -2.35. The van der Waals surface area contributed by atoms with E-state index in [4.69, 9.17) is 0 Å². The lowest BCUT2D eigenvalue weighted by molar-refractivity contribution is -0.384. The number of nitro benzene ring substituents is 1. The first-order valence-corrected chi connectivity index (χ1v) is 10.5. The lowest BCUT2D eigenvalue weighted by atomic mass is 9.87. The SMILES string of the molecule is CCCN(C(=O)c1nnn(-c2cccc([N+](=O)[O-])c2)c1C)C1CCc2ccccc2C1. The van der Waals surface area contributed by atoms with Crippen molar-refractivity contribution in [3.63, 3.8) is 0 Å². The van der Waals surface area contributed by atoms with Crippen molar-refractivity contribution in [3.8, 4) is 5.69 Å². The third-order valence-electron chi connectivity index (χ3n) is 5.87. The number of nitro groups is 1. The van der Waals surface area contributed by atoms with E-state index in [1.165, 1.54) is 27.9 Å². The van der Waals surface area contributed by atoms with Crippen molar-refractivity contribution >= 4 is 11.6 Å². The summed E-state index contributed by atoms with van der Waals surface area (Å²) < 4.78 is 1.49. The van der Waals surface area contributed by atoms with Crippen LogP contribution in [0.2, 0.25) is 0 Å². The molecular weight excluding hydrogens is 394 g/mol. The Balaban J connectivity index is 1.62. The second-order valence-corrected chi connectivity index (χ2v) is 7.88. The standard InChI is InChI=1S/C23H25N5O3/c1-3-13-26(19-12-11-17-7-4-5-8-18(17)14-19)23(29)22-16(2)27(25-24-22)20-9-6-10-21(15-20)28(30)31/h4-10,15,19H,3,11-14H2,1-2H3. The summed E-state index contributed by atoms with van der Waals surface area (Å²) in [6.45, 7) is 4.48. The fraction of sp³-hybridized carbons (Fsp3) is 0.348. The highest BCUT2D eigenvalue weighted by atomic mass is 16.6. The molecule has 31 heavy (non-hydrogen) atoms. The number of aryl methyl sites for hydroxylation is 1. The van der Waals surface area contributed by atoms with E-state index in [1.807, 2.05) is 11.0 Å². The molecule has 0 aliphatic heterocycles. The lowest BCUT2D eigenvalue weighted by Crippen LogP contribution is -2.44. The molecule has 0 N–H and O–H groups in total. The number of amides is 1. The number of hydrogen-bond donors (Lipinski definition) is 0. The molecule has 0 saturated carbocycles. The van der Waals surface area contributed by atoms with E-state index in [1.54, 1.807) is 19.1 Å². The van der Waals surface area contributed by atoms with E-state index in [9.17, 15) is 14.9 Å². The van der Waals surface area contributed by atoms with Crippen molar-refractivity contribution in [2.24, 2.45) is 0 Å². The first-order chi connectivity index (χ1) is 15.0. The van der Waals surface area contributed by atoms with Gasteiger partial charge in [-0.1, -0.05) is 42.5 Å². The molecule has 1 aromatic heterocycles. The Hall–Kier alpha value is -3.55. The summed E-state index contributed by atoms with van der Waals surface area (Å²) in [7, 11) is 0. The van der Waals surface area contributed by atoms with Gasteiger partial charge in [0, 0.05) is 24.7 Å². The van der Waals surface area contributed by atoms with Gasteiger partial charge in [-0.2, -0.15) is 0 Å². The van der Waals surface area contributed by atoms with Gasteiger partial charge in [-0.25, -0.2) is 4.68 Å². The van der Waals surface area contributed by atoms with Crippen LogP contribution in [0.15, 0.2) is 48.5 Å². The molecule has 8 nitrogen and oxygen atoms in total. The second kappa shape index (κ2) is 8.67. The first kappa shape index (κ1) is 20.7. The monoisotopic (exact) mass is 419 g/mol. The molecule has 1 aliphatic carbocycles. The minimum Gasteiger partial charge on any atom is -0.334 e. The van der Waals surface area contributed by atoms with Crippen molar-refractivity contribution in [1.82, 2.24) is 19.9 Å². The van der Waals surface area contributed by atoms with E-state index in [-0.39, 0.29) is 17.6 Å². The van der Waals surface area contributed by atoms with Gasteiger partial charge in [0.25, 0.3) is 11.6 Å². The quantitative estimate of drug-likeness (QED) is 0.446. The van der Waals surface area contributed by atoms with Gasteiger partial charge in [-0.15, -0.1) is 5.10 Å². The topological polar surface area (TPSA) is 94.2 Å². The zero-order valence-corrected chi connectivity index (χ0v) is 17.7. The van der Waals surface area contributed by atoms with Crippen LogP contribution in [-0.2, 0) is 12.8 Å². The predicted molar refractivity (Wildman–Crippen MR) is 116 cm³/mol. The number of nitrogens with zero attached hydrogens (tertiary/aromatic N) is 5. The van der Waals surface area contributed by atoms with Gasteiger partial charge in [0.2, 0.25) is 0 Å². The van der Waals surface area contributed by atoms with Crippen LogP contribution < -0.4 is 0 Å². The number of fused-ring (bicyclic) bond motifs is 1. The number of carbonyl (C=O) groups excluding carboxylic acids is 1. The van der Waals surface area contributed by atoms with Crippen LogP contribution in [0, 0.1) is 17.0 Å². The molecule has 0 fully saturated rings. The average Bonchev–Trinajstić information content (AvgIpc) is 3.18. The summed E-state index contributed by atoms with van der Waals surface area (Å²) in [5, 5.41) is 19.4. The van der Waals surface area contributed by atoms with E-state index in [0.717, 1.165) is 25.7 Å². The smallest absolute Gasteiger partial charge is 0.276 e. The van der Waals surface area contributed by atoms with Gasteiger partial charge in [0.15, 0.2) is 5.69 Å². The third kappa shape index (κ3) is 4.05. The maximum absolute atomic E-state index is 13.5. The number of aromatic nitrogens is 3. The van der Waals surface area contributed by atoms with Gasteiger partial charge in [0.1, 0.15) is 0 Å². The molecule has 1 aliphatic rings. The molecule has 8 heteroatoms. The van der Waals surface area contributed by atoms with Crippen molar-refractivity contribution in [2.75, 3.05) is 6.54 Å². The molecule has 1 atom stereocenters. The van der Waals surface area contributed by atoms with Crippen LogP contribution >= 0.6 is 0 Å². The Morgan fingerprint density at radius 1 is 1.23 bits per heavy atom. The van der Waals surface area contributed by atoms with Crippen LogP contribution in [0.3, 0.4) is 0 Å². The molecule has 0 spiro atoms. The molecule has 1 heterocycles. The normalized spacial score (nSPS) is 15.4. The van der Waals surface area contributed by atoms with E-state index < -0.39 is 4.92 Å². The Kier molecular flexibility index (Phi) is 5.79. The zero-order valence-electron chi connectivity index (χ0n) is 17.7. The minimum atomic E-state index is -0.453. The average molecular weight is 419 g/mol. The van der Waals surface area contributed by atoms with E-state index in [2.05, 4.69) is 35.4 Å². The molecule has 3 aromatic rings. The van der Waals surface area contributed by atoms with Gasteiger partial charge in [-0.05, 0) is 49.8 Å². The molecule has 0 radical (unpaired) electrons. The molecule has 0 saturated heterocycles. The van der Waals surface area contributed by atoms with Gasteiger partial charge in [0.05, 0.1) is 16.3 Å². The number of carbonyl (C=O) groups is 1. The van der Waals surface area contributed by atoms with Crippen LogP contribution in [0.5, 0.6) is 0 Å². The van der Waals surface area contributed by atoms with Crippen molar-refractivity contribution in [1.29, 1.82) is 0 Å². The highest BCUT2D eigenvalue weighted by molar-refractivity contribution is 5.93. The first-order valence-electron chi connectivity index (χ1n) is 10.5. The largest absolute Gasteiger partial charge is 0.334 e. The molecule has 1 amide bonds. The summed E-state index contributed by atoms with van der Waals surface area (Å²) in [6.07, 6.45) is 3.55. The predicted octanol–water partition coefficient (Wildman–Crippen LogP) is 3.89. The molecule has 1 unspecified atom stereocenters. The van der Waals surface area contributed by atoms with Crippen molar-refractivity contribution < 1.29 is 9.72 Å². The Bertz CT molecular complexity index is 1120. The summed E-state index contributed by atoms with van der Waals surface area (Å²) >= 11 is 0. The molecule has 4 rings (SSSR count). The van der Waals surface area contributed by atoms with Gasteiger partial charge in [-0.3, -0.25) is 14.9 Å². The minimum absolute atomic E-state index is 0.0336. The van der Waals surface area contributed by atoms with E-state index >= 15 is 0 Å². The number of non-ortho nitro benzene ring substituents is 1. The van der Waals surface area contributed by atoms with Crippen molar-refractivity contribution in [3.05, 3.63) is 81.2 Å². The van der Waals surface area contributed by atoms with E-state index in [0.29, 0.717) is 23.6 Å².